The van der Waals surface area contributed by atoms with Gasteiger partial charge in [-0.3, -0.25) is 0 Å². The predicted octanol–water partition coefficient (Wildman–Crippen LogP) is 3.62. The van der Waals surface area contributed by atoms with E-state index < -0.39 is 11.6 Å². The first-order valence-electron chi connectivity index (χ1n) is 5.98. The van der Waals surface area contributed by atoms with E-state index in [-0.39, 0.29) is 22.3 Å². The van der Waals surface area contributed by atoms with Crippen molar-refractivity contribution in [2.75, 3.05) is 5.32 Å². The van der Waals surface area contributed by atoms with Crippen LogP contribution in [0.3, 0.4) is 0 Å². The summed E-state index contributed by atoms with van der Waals surface area (Å²) in [5.41, 5.74) is 5.32. The minimum absolute atomic E-state index is 0.0737. The molecule has 3 nitrogen and oxygen atoms in total. The van der Waals surface area contributed by atoms with Crippen molar-refractivity contribution in [2.45, 2.75) is 19.4 Å². The first kappa shape index (κ1) is 14.8. The van der Waals surface area contributed by atoms with Crippen LogP contribution in [0.5, 0.6) is 0 Å². The fourth-order valence-corrected chi connectivity index (χ4v) is 2.71. The SMILES string of the molecule is CCC(Nc1ccc(C(N)=S)c(F)c1F)c1nccs1. The summed E-state index contributed by atoms with van der Waals surface area (Å²) in [6.45, 7) is 1.94. The molecular formula is C13H13F2N3S2. The molecule has 0 saturated heterocycles. The lowest BCUT2D eigenvalue weighted by Crippen LogP contribution is -2.15. The highest BCUT2D eigenvalue weighted by Gasteiger charge is 2.18. The van der Waals surface area contributed by atoms with Crippen LogP contribution in [0.25, 0.3) is 0 Å². The molecule has 0 amide bonds. The summed E-state index contributed by atoms with van der Waals surface area (Å²) >= 11 is 6.13. The number of nitrogens with two attached hydrogens (primary N) is 1. The van der Waals surface area contributed by atoms with Gasteiger partial charge in [0.05, 0.1) is 11.7 Å². The summed E-state index contributed by atoms with van der Waals surface area (Å²) in [5, 5.41) is 5.62. The molecule has 106 valence electrons. The molecule has 1 heterocycles. The highest BCUT2D eigenvalue weighted by atomic mass is 32.1. The number of benzene rings is 1. The van der Waals surface area contributed by atoms with Crippen molar-refractivity contribution in [3.63, 3.8) is 0 Å². The minimum Gasteiger partial charge on any atom is -0.389 e. The highest BCUT2D eigenvalue weighted by Crippen LogP contribution is 2.27. The molecule has 20 heavy (non-hydrogen) atoms. The molecule has 2 aromatic rings. The number of thiocarbonyl (C=S) groups is 1. The van der Waals surface area contributed by atoms with Crippen LogP contribution in [0.4, 0.5) is 14.5 Å². The van der Waals surface area contributed by atoms with Gasteiger partial charge >= 0.3 is 0 Å². The standard InChI is InChI=1S/C13H13F2N3S2/c1-2-8(13-17-5-6-20-13)18-9-4-3-7(12(16)19)10(14)11(9)15/h3-6,8,18H,2H2,1H3,(H2,16,19). The van der Waals surface area contributed by atoms with Crippen LogP contribution in [0.2, 0.25) is 0 Å². The Morgan fingerprint density at radius 3 is 2.75 bits per heavy atom. The van der Waals surface area contributed by atoms with E-state index in [9.17, 15) is 8.78 Å². The van der Waals surface area contributed by atoms with E-state index in [4.69, 9.17) is 5.73 Å². The Morgan fingerprint density at radius 1 is 1.45 bits per heavy atom. The van der Waals surface area contributed by atoms with Gasteiger partial charge < -0.3 is 11.1 Å². The zero-order valence-electron chi connectivity index (χ0n) is 10.7. The van der Waals surface area contributed by atoms with E-state index >= 15 is 0 Å². The van der Waals surface area contributed by atoms with Crippen LogP contribution >= 0.6 is 23.6 Å². The van der Waals surface area contributed by atoms with E-state index in [0.29, 0.717) is 6.42 Å². The summed E-state index contributed by atoms with van der Waals surface area (Å²) in [7, 11) is 0. The van der Waals surface area contributed by atoms with Crippen molar-refractivity contribution in [3.05, 3.63) is 45.9 Å². The average Bonchev–Trinajstić information content (AvgIpc) is 2.94. The number of thiazole rings is 1. The zero-order valence-corrected chi connectivity index (χ0v) is 12.3. The molecule has 1 unspecified atom stereocenters. The maximum absolute atomic E-state index is 14.0. The summed E-state index contributed by atoms with van der Waals surface area (Å²) in [5.74, 6) is -2.01. The molecule has 0 bridgehead atoms. The van der Waals surface area contributed by atoms with Gasteiger partial charge in [-0.25, -0.2) is 13.8 Å². The number of halogens is 2. The lowest BCUT2D eigenvalue weighted by Gasteiger charge is -2.17. The molecule has 0 radical (unpaired) electrons. The molecule has 7 heteroatoms. The third-order valence-electron chi connectivity index (χ3n) is 2.84. The lowest BCUT2D eigenvalue weighted by molar-refractivity contribution is 0.508. The molecule has 1 aromatic heterocycles. The van der Waals surface area contributed by atoms with Gasteiger partial charge in [-0.1, -0.05) is 19.1 Å². The Kier molecular flexibility index (Phi) is 4.61. The average molecular weight is 313 g/mol. The molecule has 3 N–H and O–H groups in total. The van der Waals surface area contributed by atoms with Crippen molar-refractivity contribution >= 4 is 34.2 Å². The number of hydrogen-bond donors (Lipinski definition) is 2. The molecule has 1 aromatic carbocycles. The monoisotopic (exact) mass is 313 g/mol. The minimum atomic E-state index is -1.03. The summed E-state index contributed by atoms with van der Waals surface area (Å²) in [6.07, 6.45) is 2.38. The Morgan fingerprint density at radius 2 is 2.20 bits per heavy atom. The second-order valence-electron chi connectivity index (χ2n) is 4.13. The second kappa shape index (κ2) is 6.23. The van der Waals surface area contributed by atoms with Gasteiger partial charge in [0.1, 0.15) is 10.00 Å². The van der Waals surface area contributed by atoms with Gasteiger partial charge in [-0.15, -0.1) is 11.3 Å². The van der Waals surface area contributed by atoms with Gasteiger partial charge in [-0.05, 0) is 18.6 Å². The molecular weight excluding hydrogens is 300 g/mol. The summed E-state index contributed by atoms with van der Waals surface area (Å²) in [4.78, 5) is 4.01. The Bertz CT molecular complexity index is 614. The number of nitrogens with one attached hydrogen (secondary N) is 1. The first-order valence-corrected chi connectivity index (χ1v) is 7.27. The molecule has 0 aliphatic carbocycles. The van der Waals surface area contributed by atoms with Gasteiger partial charge in [0.2, 0.25) is 0 Å². The van der Waals surface area contributed by atoms with E-state index in [1.807, 2.05) is 12.3 Å². The van der Waals surface area contributed by atoms with Crippen LogP contribution in [-0.2, 0) is 0 Å². The number of aromatic nitrogens is 1. The largest absolute Gasteiger partial charge is 0.389 e. The molecule has 0 saturated carbocycles. The Balaban J connectivity index is 2.30. The zero-order chi connectivity index (χ0) is 14.7. The van der Waals surface area contributed by atoms with Crippen LogP contribution in [0.1, 0.15) is 30.0 Å². The summed E-state index contributed by atoms with van der Waals surface area (Å²) < 4.78 is 27.8. The quantitative estimate of drug-likeness (QED) is 0.828. The molecule has 0 aliphatic rings. The molecule has 0 aliphatic heterocycles. The third kappa shape index (κ3) is 2.94. The second-order valence-corrected chi connectivity index (χ2v) is 5.49. The molecule has 0 fully saturated rings. The van der Waals surface area contributed by atoms with Gasteiger partial charge in [0, 0.05) is 17.1 Å². The van der Waals surface area contributed by atoms with Crippen molar-refractivity contribution in [2.24, 2.45) is 5.73 Å². The van der Waals surface area contributed by atoms with E-state index in [0.717, 1.165) is 5.01 Å². The van der Waals surface area contributed by atoms with Crippen LogP contribution in [0, 0.1) is 11.6 Å². The van der Waals surface area contributed by atoms with Gasteiger partial charge in [0.25, 0.3) is 0 Å². The van der Waals surface area contributed by atoms with Crippen molar-refractivity contribution in [3.8, 4) is 0 Å². The topological polar surface area (TPSA) is 50.9 Å². The Labute approximate surface area is 124 Å². The number of rotatable bonds is 5. The fourth-order valence-electron chi connectivity index (χ4n) is 1.78. The number of anilines is 1. The lowest BCUT2D eigenvalue weighted by atomic mass is 10.1. The van der Waals surface area contributed by atoms with Crippen molar-refractivity contribution in [1.29, 1.82) is 0 Å². The Hall–Kier alpha value is -1.60. The van der Waals surface area contributed by atoms with Gasteiger partial charge in [-0.2, -0.15) is 0 Å². The van der Waals surface area contributed by atoms with Crippen molar-refractivity contribution in [1.82, 2.24) is 4.98 Å². The first-order chi connectivity index (χ1) is 9.54. The third-order valence-corrected chi connectivity index (χ3v) is 3.94. The van der Waals surface area contributed by atoms with Gasteiger partial charge in [0.15, 0.2) is 11.6 Å². The fraction of sp³-hybridized carbons (Fsp3) is 0.231. The normalized spacial score (nSPS) is 12.2. The van der Waals surface area contributed by atoms with Crippen LogP contribution in [-0.4, -0.2) is 9.97 Å². The number of hydrogen-bond acceptors (Lipinski definition) is 4. The maximum Gasteiger partial charge on any atom is 0.182 e. The molecule has 1 atom stereocenters. The predicted molar refractivity (Wildman–Crippen MR) is 81.0 cm³/mol. The number of nitrogens with zero attached hydrogens (tertiary/aromatic N) is 1. The van der Waals surface area contributed by atoms with Crippen LogP contribution in [0.15, 0.2) is 23.7 Å². The smallest absolute Gasteiger partial charge is 0.182 e. The molecule has 0 spiro atoms. The maximum atomic E-state index is 14.0. The molecule has 2 rings (SSSR count). The van der Waals surface area contributed by atoms with Crippen molar-refractivity contribution < 1.29 is 8.78 Å². The van der Waals surface area contributed by atoms with E-state index in [1.54, 1.807) is 6.20 Å². The highest BCUT2D eigenvalue weighted by molar-refractivity contribution is 7.80. The van der Waals surface area contributed by atoms with Crippen LogP contribution < -0.4 is 11.1 Å². The van der Waals surface area contributed by atoms with E-state index in [2.05, 4.69) is 22.5 Å². The van der Waals surface area contributed by atoms with E-state index in [1.165, 1.54) is 23.5 Å². The summed E-state index contributed by atoms with van der Waals surface area (Å²) in [6, 6.07) is 2.64.